The smallest absolute Gasteiger partial charge is 0.273 e. The average molecular weight is 472 g/mol. The van der Waals surface area contributed by atoms with E-state index in [1.807, 2.05) is 47.6 Å². The van der Waals surface area contributed by atoms with E-state index in [0.717, 1.165) is 27.3 Å². The van der Waals surface area contributed by atoms with E-state index in [9.17, 15) is 9.90 Å². The van der Waals surface area contributed by atoms with E-state index in [4.69, 9.17) is 4.74 Å². The Morgan fingerprint density at radius 3 is 2.47 bits per heavy atom. The number of carbonyl (C=O) groups is 1. The number of nitrogens with one attached hydrogen (secondary N) is 1. The van der Waals surface area contributed by atoms with Crippen molar-refractivity contribution in [2.45, 2.75) is 17.4 Å². The summed E-state index contributed by atoms with van der Waals surface area (Å²) in [6, 6.07) is 23.0. The summed E-state index contributed by atoms with van der Waals surface area (Å²) < 4.78 is 5.26. The van der Waals surface area contributed by atoms with Crippen molar-refractivity contribution in [3.63, 3.8) is 0 Å². The molecule has 0 fully saturated rings. The van der Waals surface area contributed by atoms with Crippen LogP contribution in [0.15, 0.2) is 77.7 Å². The molecule has 1 aliphatic rings. The molecule has 0 saturated carbocycles. The Morgan fingerprint density at radius 1 is 1.06 bits per heavy atom. The summed E-state index contributed by atoms with van der Waals surface area (Å²) in [4.78, 5) is 16.6. The second kappa shape index (κ2) is 9.27. The van der Waals surface area contributed by atoms with Gasteiger partial charge in [0.15, 0.2) is 0 Å². The van der Waals surface area contributed by atoms with Crippen molar-refractivity contribution in [3.8, 4) is 22.8 Å². The number of ether oxygens (including phenoxy) is 1. The molecule has 34 heavy (non-hydrogen) atoms. The molecule has 2 N–H and O–H groups in total. The van der Waals surface area contributed by atoms with Crippen LogP contribution in [0.25, 0.3) is 11.3 Å². The number of fused-ring (bicyclic) bond motifs is 1. The fraction of sp³-hybridized carbons (Fsp3) is 0.185. The number of hydrogen-bond acceptors (Lipinski definition) is 5. The van der Waals surface area contributed by atoms with Gasteiger partial charge in [-0.25, -0.2) is 0 Å². The van der Waals surface area contributed by atoms with Gasteiger partial charge in [-0.2, -0.15) is 5.10 Å². The van der Waals surface area contributed by atoms with Gasteiger partial charge in [0.05, 0.1) is 13.2 Å². The van der Waals surface area contributed by atoms with Gasteiger partial charge in [-0.05, 0) is 60.2 Å². The number of hydrogen-bond donors (Lipinski definition) is 2. The number of thioether (sulfide) groups is 1. The van der Waals surface area contributed by atoms with Crippen LogP contribution < -0.4 is 4.74 Å². The predicted molar refractivity (Wildman–Crippen MR) is 133 cm³/mol. The van der Waals surface area contributed by atoms with Crippen LogP contribution in [0.1, 0.15) is 33.2 Å². The average Bonchev–Trinajstić information content (AvgIpc) is 3.42. The van der Waals surface area contributed by atoms with E-state index in [2.05, 4.69) is 34.5 Å². The monoisotopic (exact) mass is 471 g/mol. The Bertz CT molecular complexity index is 1320. The summed E-state index contributed by atoms with van der Waals surface area (Å²) in [5.41, 5.74) is 4.63. The van der Waals surface area contributed by atoms with Gasteiger partial charge in [-0.3, -0.25) is 9.89 Å². The fourth-order valence-corrected chi connectivity index (χ4v) is 4.89. The molecule has 2 heterocycles. The van der Waals surface area contributed by atoms with Crippen molar-refractivity contribution >= 4 is 17.7 Å². The largest absolute Gasteiger partial charge is 0.507 e. The number of amides is 1. The lowest BCUT2D eigenvalue weighted by Crippen LogP contribution is -2.31. The molecule has 0 spiro atoms. The molecule has 1 atom stereocenters. The first-order chi connectivity index (χ1) is 16.6. The summed E-state index contributed by atoms with van der Waals surface area (Å²) in [5, 5.41) is 17.9. The number of nitrogens with zero attached hydrogens (tertiary/aromatic N) is 2. The van der Waals surface area contributed by atoms with Crippen LogP contribution in [0.5, 0.6) is 11.5 Å². The van der Waals surface area contributed by atoms with Crippen molar-refractivity contribution in [1.82, 2.24) is 15.1 Å². The first-order valence-electron chi connectivity index (χ1n) is 11.0. The Hall–Kier alpha value is -3.71. The van der Waals surface area contributed by atoms with Gasteiger partial charge in [-0.15, -0.1) is 11.8 Å². The quantitative estimate of drug-likeness (QED) is 0.358. The number of aromatic hydroxyl groups is 1. The molecule has 0 radical (unpaired) electrons. The molecular weight excluding hydrogens is 446 g/mol. The fourth-order valence-electron chi connectivity index (χ4n) is 4.48. The molecule has 0 bridgehead atoms. The van der Waals surface area contributed by atoms with Gasteiger partial charge in [-0.1, -0.05) is 36.4 Å². The Kier molecular flexibility index (Phi) is 6.02. The molecule has 1 aromatic heterocycles. The second-order valence-electron chi connectivity index (χ2n) is 8.15. The predicted octanol–water partition coefficient (Wildman–Crippen LogP) is 5.30. The van der Waals surface area contributed by atoms with E-state index < -0.39 is 0 Å². The Labute approximate surface area is 202 Å². The third-order valence-electron chi connectivity index (χ3n) is 6.25. The molecular formula is C27H25N3O3S. The number of rotatable bonds is 7. The van der Waals surface area contributed by atoms with Gasteiger partial charge in [0.25, 0.3) is 5.91 Å². The number of para-hydroxylation sites is 1. The molecule has 1 aliphatic heterocycles. The topological polar surface area (TPSA) is 78.5 Å². The number of aromatic amines is 1. The number of phenolic OH excluding ortho intramolecular Hbond substituents is 1. The van der Waals surface area contributed by atoms with Crippen molar-refractivity contribution in [2.24, 2.45) is 0 Å². The first kappa shape index (κ1) is 22.1. The van der Waals surface area contributed by atoms with Gasteiger partial charge < -0.3 is 14.7 Å². The zero-order valence-corrected chi connectivity index (χ0v) is 19.8. The summed E-state index contributed by atoms with van der Waals surface area (Å²) in [5.74, 6) is 0.857. The molecule has 1 amide bonds. The molecule has 7 heteroatoms. The molecule has 5 rings (SSSR count). The van der Waals surface area contributed by atoms with Crippen LogP contribution in [0.3, 0.4) is 0 Å². The molecule has 3 aromatic carbocycles. The molecule has 0 saturated heterocycles. The summed E-state index contributed by atoms with van der Waals surface area (Å²) >= 11 is 1.68. The minimum absolute atomic E-state index is 0.0865. The lowest BCUT2D eigenvalue weighted by Gasteiger charge is -2.26. The summed E-state index contributed by atoms with van der Waals surface area (Å²) in [6.45, 7) is 0.544. The van der Waals surface area contributed by atoms with Gasteiger partial charge in [0, 0.05) is 22.6 Å². The molecule has 6 nitrogen and oxygen atoms in total. The van der Waals surface area contributed by atoms with Crippen LogP contribution in [-0.2, 0) is 6.42 Å². The lowest BCUT2D eigenvalue weighted by atomic mass is 9.95. The van der Waals surface area contributed by atoms with Crippen LogP contribution >= 0.6 is 11.8 Å². The highest BCUT2D eigenvalue weighted by Crippen LogP contribution is 2.44. The maximum Gasteiger partial charge on any atom is 0.273 e. The highest BCUT2D eigenvalue weighted by molar-refractivity contribution is 7.98. The van der Waals surface area contributed by atoms with Crippen molar-refractivity contribution in [3.05, 3.63) is 95.2 Å². The minimum Gasteiger partial charge on any atom is -0.507 e. The van der Waals surface area contributed by atoms with Crippen LogP contribution in [0, 0.1) is 0 Å². The van der Waals surface area contributed by atoms with Gasteiger partial charge in [0.1, 0.15) is 22.9 Å². The lowest BCUT2D eigenvalue weighted by molar-refractivity contribution is 0.0746. The molecule has 172 valence electrons. The number of phenols is 1. The van der Waals surface area contributed by atoms with Crippen LogP contribution in [0.2, 0.25) is 0 Å². The van der Waals surface area contributed by atoms with E-state index in [0.29, 0.717) is 29.9 Å². The highest BCUT2D eigenvalue weighted by atomic mass is 32.2. The van der Waals surface area contributed by atoms with Crippen molar-refractivity contribution in [1.29, 1.82) is 0 Å². The maximum atomic E-state index is 13.5. The first-order valence-corrected chi connectivity index (χ1v) is 12.3. The standard InChI is InChI=1S/C27H25N3O3S/c1-33-19-11-7-17(8-12-19)15-16-30-26(18-9-13-20(34-2)14-10-18)23-24(28-29-25(23)27(30)32)21-5-3-4-6-22(21)31/h3-14,26,31H,15-16H2,1-2H3,(H,28,29)/t26-/m0/s1. The maximum absolute atomic E-state index is 13.5. The minimum atomic E-state index is -0.301. The Balaban J connectivity index is 1.54. The third kappa shape index (κ3) is 3.92. The zero-order valence-electron chi connectivity index (χ0n) is 19.0. The summed E-state index contributed by atoms with van der Waals surface area (Å²) in [6.07, 6.45) is 2.75. The second-order valence-corrected chi connectivity index (χ2v) is 9.03. The summed E-state index contributed by atoms with van der Waals surface area (Å²) in [7, 11) is 1.65. The van der Waals surface area contributed by atoms with Gasteiger partial charge in [0.2, 0.25) is 0 Å². The van der Waals surface area contributed by atoms with Crippen molar-refractivity contribution < 1.29 is 14.6 Å². The van der Waals surface area contributed by atoms with E-state index in [-0.39, 0.29) is 17.7 Å². The highest BCUT2D eigenvalue weighted by Gasteiger charge is 2.42. The number of methoxy groups -OCH3 is 1. The number of H-pyrrole nitrogens is 1. The van der Waals surface area contributed by atoms with Gasteiger partial charge >= 0.3 is 0 Å². The number of benzene rings is 3. The SMILES string of the molecule is COc1ccc(CCN2C(=O)c3[nH]nc(-c4ccccc4O)c3[C@@H]2c2ccc(SC)cc2)cc1. The van der Waals surface area contributed by atoms with Crippen LogP contribution in [-0.4, -0.2) is 46.0 Å². The number of carbonyl (C=O) groups excluding carboxylic acids is 1. The normalized spacial score (nSPS) is 14.9. The van der Waals surface area contributed by atoms with E-state index in [1.54, 1.807) is 31.0 Å². The van der Waals surface area contributed by atoms with E-state index in [1.165, 1.54) is 0 Å². The third-order valence-corrected chi connectivity index (χ3v) is 7.00. The molecule has 4 aromatic rings. The zero-order chi connectivity index (χ0) is 23.7. The van der Waals surface area contributed by atoms with E-state index >= 15 is 0 Å². The van der Waals surface area contributed by atoms with Crippen molar-refractivity contribution in [2.75, 3.05) is 19.9 Å². The molecule has 0 unspecified atom stereocenters. The Morgan fingerprint density at radius 2 is 1.79 bits per heavy atom. The molecule has 0 aliphatic carbocycles. The number of aromatic nitrogens is 2. The van der Waals surface area contributed by atoms with Crippen LogP contribution in [0.4, 0.5) is 0 Å².